The molecule has 0 saturated heterocycles. The number of rotatable bonds is 12. The SMILES string of the molecule is CCOc1ccc(N(CC(=O)N(Cc2ccccc2Cl)[C@@H](CC)C(=O)NC)S(=O)(=O)c2ccc(C)cc2)cc1. The molecule has 3 aromatic rings. The molecule has 0 fully saturated rings. The highest BCUT2D eigenvalue weighted by molar-refractivity contribution is 7.92. The van der Waals surface area contributed by atoms with Gasteiger partial charge in [-0.2, -0.15) is 0 Å². The van der Waals surface area contributed by atoms with Crippen molar-refractivity contribution in [3.8, 4) is 5.75 Å². The van der Waals surface area contributed by atoms with Crippen LogP contribution in [0.1, 0.15) is 31.4 Å². The molecule has 0 aliphatic carbocycles. The summed E-state index contributed by atoms with van der Waals surface area (Å²) in [4.78, 5) is 28.2. The number of ether oxygens (including phenoxy) is 1. The lowest BCUT2D eigenvalue weighted by Gasteiger charge is -2.33. The fourth-order valence-electron chi connectivity index (χ4n) is 4.14. The van der Waals surface area contributed by atoms with Crippen LogP contribution in [0.4, 0.5) is 5.69 Å². The molecule has 0 radical (unpaired) electrons. The van der Waals surface area contributed by atoms with E-state index in [1.54, 1.807) is 67.6 Å². The molecule has 0 aliphatic heterocycles. The molecule has 10 heteroatoms. The van der Waals surface area contributed by atoms with E-state index in [2.05, 4.69) is 5.32 Å². The number of nitrogens with one attached hydrogen (secondary N) is 1. The number of anilines is 1. The van der Waals surface area contributed by atoms with Gasteiger partial charge in [-0.3, -0.25) is 13.9 Å². The fourth-order valence-corrected chi connectivity index (χ4v) is 5.75. The number of halogens is 1. The molecule has 8 nitrogen and oxygen atoms in total. The minimum atomic E-state index is -4.15. The molecular weight excluding hydrogens is 538 g/mol. The molecule has 0 saturated carbocycles. The quantitative estimate of drug-likeness (QED) is 0.337. The van der Waals surface area contributed by atoms with E-state index in [-0.39, 0.29) is 23.0 Å². The number of hydrogen-bond acceptors (Lipinski definition) is 5. The average molecular weight is 572 g/mol. The zero-order valence-corrected chi connectivity index (χ0v) is 24.1. The predicted molar refractivity (Wildman–Crippen MR) is 153 cm³/mol. The Hall–Kier alpha value is -3.56. The fraction of sp³-hybridized carbons (Fsp3) is 0.310. The van der Waals surface area contributed by atoms with E-state index in [1.165, 1.54) is 24.1 Å². The Bertz CT molecular complexity index is 1380. The highest BCUT2D eigenvalue weighted by atomic mass is 35.5. The maximum absolute atomic E-state index is 13.9. The van der Waals surface area contributed by atoms with Crippen LogP contribution in [0.15, 0.2) is 77.7 Å². The third kappa shape index (κ3) is 7.30. The molecule has 0 heterocycles. The summed E-state index contributed by atoms with van der Waals surface area (Å²) < 4.78 is 34.3. The molecule has 0 bridgehead atoms. The second-order valence-electron chi connectivity index (χ2n) is 8.90. The molecule has 208 valence electrons. The van der Waals surface area contributed by atoms with E-state index in [0.29, 0.717) is 29.4 Å². The molecule has 0 unspecified atom stereocenters. The molecule has 39 heavy (non-hydrogen) atoms. The summed E-state index contributed by atoms with van der Waals surface area (Å²) in [6, 6.07) is 19.1. The Balaban J connectivity index is 2.07. The third-order valence-electron chi connectivity index (χ3n) is 6.25. The standard InChI is InChI=1S/C29H34ClN3O5S/c1-5-27(29(35)31-4)32(19-22-9-7-8-10-26(22)30)28(34)20-33(23-13-15-24(16-14-23)38-6-2)39(36,37)25-17-11-21(3)12-18-25/h7-18,27H,5-6,19-20H2,1-4H3,(H,31,35)/t27-/m0/s1. The number of likely N-dealkylation sites (N-methyl/N-ethyl adjacent to an activating group) is 1. The second kappa shape index (κ2) is 13.5. The average Bonchev–Trinajstić information content (AvgIpc) is 2.93. The molecule has 0 aliphatic rings. The number of carbonyl (C=O) groups is 2. The lowest BCUT2D eigenvalue weighted by Crippen LogP contribution is -2.51. The molecule has 2 amide bonds. The monoisotopic (exact) mass is 571 g/mol. The third-order valence-corrected chi connectivity index (χ3v) is 8.41. The maximum atomic E-state index is 13.9. The Morgan fingerprint density at radius 2 is 1.62 bits per heavy atom. The molecule has 1 N–H and O–H groups in total. The Morgan fingerprint density at radius 3 is 2.18 bits per heavy atom. The van der Waals surface area contributed by atoms with Gasteiger partial charge in [-0.1, -0.05) is 54.4 Å². The molecule has 3 aromatic carbocycles. The summed E-state index contributed by atoms with van der Waals surface area (Å²) in [5.74, 6) is -0.326. The topological polar surface area (TPSA) is 96.0 Å². The van der Waals surface area contributed by atoms with E-state index in [9.17, 15) is 18.0 Å². The van der Waals surface area contributed by atoms with E-state index < -0.39 is 28.5 Å². The van der Waals surface area contributed by atoms with E-state index in [4.69, 9.17) is 16.3 Å². The van der Waals surface area contributed by atoms with Gasteiger partial charge in [-0.25, -0.2) is 8.42 Å². The molecule has 0 spiro atoms. The summed E-state index contributed by atoms with van der Waals surface area (Å²) in [7, 11) is -2.65. The van der Waals surface area contributed by atoms with Crippen LogP contribution in [-0.2, 0) is 26.2 Å². The number of hydrogen-bond donors (Lipinski definition) is 1. The zero-order valence-electron chi connectivity index (χ0n) is 22.6. The molecule has 0 aromatic heterocycles. The van der Waals surface area contributed by atoms with Crippen molar-refractivity contribution < 1.29 is 22.7 Å². The number of carbonyl (C=O) groups excluding carboxylic acids is 2. The van der Waals surface area contributed by atoms with Crippen LogP contribution >= 0.6 is 11.6 Å². The van der Waals surface area contributed by atoms with Gasteiger partial charge in [0.25, 0.3) is 10.0 Å². The first-order chi connectivity index (χ1) is 18.6. The first-order valence-electron chi connectivity index (χ1n) is 12.7. The Labute approximate surface area is 235 Å². The van der Waals surface area contributed by atoms with E-state index in [0.717, 1.165) is 9.87 Å². The van der Waals surface area contributed by atoms with Gasteiger partial charge in [0.1, 0.15) is 18.3 Å². The maximum Gasteiger partial charge on any atom is 0.264 e. The van der Waals surface area contributed by atoms with Gasteiger partial charge in [0.2, 0.25) is 11.8 Å². The minimum absolute atomic E-state index is 0.0339. The predicted octanol–water partition coefficient (Wildman–Crippen LogP) is 4.80. The molecule has 1 atom stereocenters. The molecular formula is C29H34ClN3O5S. The number of aryl methyl sites for hydroxylation is 1. The first kappa shape index (κ1) is 30.0. The van der Waals surface area contributed by atoms with Gasteiger partial charge in [0.15, 0.2) is 0 Å². The largest absolute Gasteiger partial charge is 0.494 e. The van der Waals surface area contributed by atoms with Gasteiger partial charge in [-0.15, -0.1) is 0 Å². The number of benzene rings is 3. The van der Waals surface area contributed by atoms with Crippen LogP contribution in [-0.4, -0.2) is 51.4 Å². The van der Waals surface area contributed by atoms with Crippen molar-refractivity contribution in [1.82, 2.24) is 10.2 Å². The van der Waals surface area contributed by atoms with Gasteiger partial charge in [0, 0.05) is 18.6 Å². The number of amides is 2. The Kier molecular flexibility index (Phi) is 10.4. The van der Waals surface area contributed by atoms with Crippen molar-refractivity contribution in [2.45, 2.75) is 44.7 Å². The first-order valence-corrected chi connectivity index (χ1v) is 14.5. The van der Waals surface area contributed by atoms with Crippen LogP contribution < -0.4 is 14.4 Å². The normalized spacial score (nSPS) is 11.9. The van der Waals surface area contributed by atoms with Crippen LogP contribution in [0.5, 0.6) is 5.75 Å². The minimum Gasteiger partial charge on any atom is -0.494 e. The zero-order chi connectivity index (χ0) is 28.6. The summed E-state index contributed by atoms with van der Waals surface area (Å²) in [5.41, 5.74) is 1.84. The lowest BCUT2D eigenvalue weighted by molar-refractivity contribution is -0.140. The van der Waals surface area contributed by atoms with Crippen molar-refractivity contribution in [2.24, 2.45) is 0 Å². The lowest BCUT2D eigenvalue weighted by atomic mass is 10.1. The Morgan fingerprint density at radius 1 is 0.974 bits per heavy atom. The summed E-state index contributed by atoms with van der Waals surface area (Å²) in [6.07, 6.45) is 0.323. The van der Waals surface area contributed by atoms with Crippen molar-refractivity contribution in [3.05, 3.63) is 88.9 Å². The van der Waals surface area contributed by atoms with Gasteiger partial charge >= 0.3 is 0 Å². The van der Waals surface area contributed by atoms with Crippen LogP contribution in [0, 0.1) is 6.92 Å². The van der Waals surface area contributed by atoms with Gasteiger partial charge < -0.3 is 15.0 Å². The summed E-state index contributed by atoms with van der Waals surface area (Å²) in [5, 5.41) is 3.05. The van der Waals surface area contributed by atoms with Crippen molar-refractivity contribution in [3.63, 3.8) is 0 Å². The van der Waals surface area contributed by atoms with Crippen LogP contribution in [0.3, 0.4) is 0 Å². The number of sulfonamides is 1. The van der Waals surface area contributed by atoms with Crippen molar-refractivity contribution >= 4 is 39.1 Å². The van der Waals surface area contributed by atoms with Gasteiger partial charge in [0.05, 0.1) is 17.2 Å². The highest BCUT2D eigenvalue weighted by Gasteiger charge is 2.33. The van der Waals surface area contributed by atoms with Crippen LogP contribution in [0.2, 0.25) is 5.02 Å². The number of nitrogens with zero attached hydrogens (tertiary/aromatic N) is 2. The summed E-state index contributed by atoms with van der Waals surface area (Å²) in [6.45, 7) is 5.47. The highest BCUT2D eigenvalue weighted by Crippen LogP contribution is 2.27. The molecule has 3 rings (SSSR count). The van der Waals surface area contributed by atoms with E-state index >= 15 is 0 Å². The smallest absolute Gasteiger partial charge is 0.264 e. The van der Waals surface area contributed by atoms with Crippen molar-refractivity contribution in [2.75, 3.05) is 24.5 Å². The van der Waals surface area contributed by atoms with Crippen molar-refractivity contribution in [1.29, 1.82) is 0 Å². The second-order valence-corrected chi connectivity index (χ2v) is 11.2. The van der Waals surface area contributed by atoms with Crippen LogP contribution in [0.25, 0.3) is 0 Å². The van der Waals surface area contributed by atoms with Gasteiger partial charge in [-0.05, 0) is 68.3 Å². The van der Waals surface area contributed by atoms with E-state index in [1.807, 2.05) is 13.8 Å². The summed E-state index contributed by atoms with van der Waals surface area (Å²) >= 11 is 6.39.